The second-order valence-corrected chi connectivity index (χ2v) is 5.92. The van der Waals surface area contributed by atoms with Crippen molar-refractivity contribution in [3.8, 4) is 0 Å². The fraction of sp³-hybridized carbons (Fsp3) is 0.438. The smallest absolute Gasteiger partial charge is 0.374 e. The van der Waals surface area contributed by atoms with Crippen LogP contribution in [0.3, 0.4) is 0 Å². The van der Waals surface area contributed by atoms with Gasteiger partial charge in [0.1, 0.15) is 5.60 Å². The third-order valence-corrected chi connectivity index (χ3v) is 2.77. The highest BCUT2D eigenvalue weighted by atomic mass is 16.6. The first kappa shape index (κ1) is 19.3. The molecule has 0 aliphatic rings. The number of carbonyl (C=O) groups excluding carboxylic acids is 3. The van der Waals surface area contributed by atoms with Gasteiger partial charge < -0.3 is 9.47 Å². The first-order chi connectivity index (χ1) is 11.0. The summed E-state index contributed by atoms with van der Waals surface area (Å²) < 4.78 is 9.71. The van der Waals surface area contributed by atoms with E-state index in [-0.39, 0.29) is 17.7 Å². The standard InChI is InChI=1S/C16H19NO7/c1-5-23-15(20)13(18)9-10-6-7-11(8-12(10)17(21)22)14(19)24-16(2,3)4/h6-8H,5,9H2,1-4H3. The van der Waals surface area contributed by atoms with Crippen molar-refractivity contribution < 1.29 is 28.8 Å². The third kappa shape index (κ3) is 5.45. The van der Waals surface area contributed by atoms with Crippen molar-refractivity contribution in [2.45, 2.75) is 39.7 Å². The Kier molecular flexibility index (Phi) is 6.16. The normalized spacial score (nSPS) is 10.8. The fourth-order valence-corrected chi connectivity index (χ4v) is 1.80. The predicted molar refractivity (Wildman–Crippen MR) is 83.6 cm³/mol. The molecular weight excluding hydrogens is 318 g/mol. The van der Waals surface area contributed by atoms with Crippen molar-refractivity contribution in [3.63, 3.8) is 0 Å². The molecule has 0 N–H and O–H groups in total. The molecule has 0 atom stereocenters. The molecule has 0 amide bonds. The molecule has 1 aromatic rings. The minimum Gasteiger partial charge on any atom is -0.460 e. The van der Waals surface area contributed by atoms with Crippen LogP contribution in [-0.4, -0.2) is 34.9 Å². The lowest BCUT2D eigenvalue weighted by Crippen LogP contribution is -2.24. The zero-order chi connectivity index (χ0) is 18.5. The molecule has 1 rings (SSSR count). The van der Waals surface area contributed by atoms with Crippen LogP contribution in [0.15, 0.2) is 18.2 Å². The summed E-state index contributed by atoms with van der Waals surface area (Å²) in [5.41, 5.74) is -1.17. The van der Waals surface area contributed by atoms with Crippen LogP contribution in [0.2, 0.25) is 0 Å². The molecule has 24 heavy (non-hydrogen) atoms. The van der Waals surface area contributed by atoms with Crippen LogP contribution in [0.25, 0.3) is 0 Å². The fourth-order valence-electron chi connectivity index (χ4n) is 1.80. The number of ether oxygens (including phenoxy) is 2. The quantitative estimate of drug-likeness (QED) is 0.338. The van der Waals surface area contributed by atoms with Gasteiger partial charge in [-0.3, -0.25) is 14.9 Å². The van der Waals surface area contributed by atoms with Crippen LogP contribution in [0.5, 0.6) is 0 Å². The number of carbonyl (C=O) groups is 3. The molecule has 0 aromatic heterocycles. The minimum atomic E-state index is -1.05. The van der Waals surface area contributed by atoms with Gasteiger partial charge in [0.2, 0.25) is 5.78 Å². The van der Waals surface area contributed by atoms with Gasteiger partial charge in [0.15, 0.2) is 0 Å². The zero-order valence-corrected chi connectivity index (χ0v) is 14.0. The van der Waals surface area contributed by atoms with Crippen molar-refractivity contribution in [2.75, 3.05) is 6.61 Å². The van der Waals surface area contributed by atoms with E-state index >= 15 is 0 Å². The number of hydrogen-bond acceptors (Lipinski definition) is 7. The van der Waals surface area contributed by atoms with E-state index in [0.29, 0.717) is 0 Å². The Morgan fingerprint density at radius 3 is 2.33 bits per heavy atom. The lowest BCUT2D eigenvalue weighted by atomic mass is 10.0. The van der Waals surface area contributed by atoms with E-state index in [1.807, 2.05) is 0 Å². The lowest BCUT2D eigenvalue weighted by molar-refractivity contribution is -0.385. The van der Waals surface area contributed by atoms with Gasteiger partial charge in [0, 0.05) is 18.1 Å². The Labute approximate surface area is 138 Å². The summed E-state index contributed by atoms with van der Waals surface area (Å²) in [5.74, 6) is -2.66. The van der Waals surface area contributed by atoms with Gasteiger partial charge in [-0.05, 0) is 33.8 Å². The first-order valence-corrected chi connectivity index (χ1v) is 7.25. The number of nitrogens with zero attached hydrogens (tertiary/aromatic N) is 1. The summed E-state index contributed by atoms with van der Waals surface area (Å²) in [7, 11) is 0. The summed E-state index contributed by atoms with van der Waals surface area (Å²) >= 11 is 0. The zero-order valence-electron chi connectivity index (χ0n) is 14.0. The molecule has 8 nitrogen and oxygen atoms in total. The van der Waals surface area contributed by atoms with Gasteiger partial charge >= 0.3 is 11.9 Å². The summed E-state index contributed by atoms with van der Waals surface area (Å²) in [6.07, 6.45) is -0.482. The molecular formula is C16H19NO7. The molecule has 8 heteroatoms. The topological polar surface area (TPSA) is 113 Å². The molecule has 0 radical (unpaired) electrons. The molecule has 0 fully saturated rings. The second kappa shape index (κ2) is 7.67. The number of hydrogen-bond donors (Lipinski definition) is 0. The van der Waals surface area contributed by atoms with Crippen molar-refractivity contribution in [2.24, 2.45) is 0 Å². The van der Waals surface area contributed by atoms with Crippen molar-refractivity contribution in [1.29, 1.82) is 0 Å². The molecule has 0 aliphatic heterocycles. The molecule has 0 heterocycles. The first-order valence-electron chi connectivity index (χ1n) is 7.25. The summed E-state index contributed by atoms with van der Waals surface area (Å²) in [4.78, 5) is 45.5. The van der Waals surface area contributed by atoms with Crippen molar-refractivity contribution >= 4 is 23.4 Å². The van der Waals surface area contributed by atoms with E-state index in [0.717, 1.165) is 6.07 Å². The van der Waals surface area contributed by atoms with Gasteiger partial charge in [-0.15, -0.1) is 0 Å². The molecule has 0 unspecified atom stereocenters. The number of rotatable bonds is 6. The molecule has 0 saturated heterocycles. The second-order valence-electron chi connectivity index (χ2n) is 5.92. The van der Waals surface area contributed by atoms with Gasteiger partial charge in [-0.2, -0.15) is 0 Å². The van der Waals surface area contributed by atoms with Crippen LogP contribution in [0.1, 0.15) is 43.6 Å². The third-order valence-electron chi connectivity index (χ3n) is 2.77. The number of benzene rings is 1. The van der Waals surface area contributed by atoms with Crippen LogP contribution in [0, 0.1) is 10.1 Å². The molecule has 1 aromatic carbocycles. The van der Waals surface area contributed by atoms with E-state index in [1.54, 1.807) is 27.7 Å². The predicted octanol–water partition coefficient (Wildman–Crippen LogP) is 2.22. The van der Waals surface area contributed by atoms with Crippen molar-refractivity contribution in [1.82, 2.24) is 0 Å². The summed E-state index contributed by atoms with van der Waals surface area (Å²) in [5, 5.41) is 11.2. The van der Waals surface area contributed by atoms with E-state index in [2.05, 4.69) is 4.74 Å². The largest absolute Gasteiger partial charge is 0.460 e. The monoisotopic (exact) mass is 337 g/mol. The highest BCUT2D eigenvalue weighted by molar-refractivity contribution is 6.34. The Hall–Kier alpha value is -2.77. The average molecular weight is 337 g/mol. The van der Waals surface area contributed by atoms with Crippen molar-refractivity contribution in [3.05, 3.63) is 39.4 Å². The van der Waals surface area contributed by atoms with Gasteiger partial charge in [0.25, 0.3) is 5.69 Å². The highest BCUT2D eigenvalue weighted by Gasteiger charge is 2.25. The van der Waals surface area contributed by atoms with Crippen LogP contribution in [-0.2, 0) is 25.5 Å². The molecule has 130 valence electrons. The van der Waals surface area contributed by atoms with Gasteiger partial charge in [-0.25, -0.2) is 9.59 Å². The molecule has 0 saturated carbocycles. The Morgan fingerprint density at radius 2 is 1.83 bits per heavy atom. The van der Waals surface area contributed by atoms with E-state index < -0.39 is 40.4 Å². The Bertz CT molecular complexity index is 673. The number of Topliss-reactive ketones (excluding diaryl/α,β-unsaturated/α-hetero) is 1. The number of nitro benzene ring substituents is 1. The van der Waals surface area contributed by atoms with E-state index in [9.17, 15) is 24.5 Å². The maximum Gasteiger partial charge on any atom is 0.374 e. The molecule has 0 spiro atoms. The minimum absolute atomic E-state index is 0.0102. The Balaban J connectivity index is 3.08. The number of nitro groups is 1. The maximum absolute atomic E-state index is 12.0. The summed E-state index contributed by atoms with van der Waals surface area (Å²) in [6, 6.07) is 3.60. The lowest BCUT2D eigenvalue weighted by Gasteiger charge is -2.19. The van der Waals surface area contributed by atoms with Crippen LogP contribution in [0.4, 0.5) is 5.69 Å². The number of ketones is 1. The van der Waals surface area contributed by atoms with E-state index in [1.165, 1.54) is 12.1 Å². The van der Waals surface area contributed by atoms with Gasteiger partial charge in [0.05, 0.1) is 17.1 Å². The SMILES string of the molecule is CCOC(=O)C(=O)Cc1ccc(C(=O)OC(C)(C)C)cc1[N+](=O)[O-]. The average Bonchev–Trinajstić information content (AvgIpc) is 2.45. The highest BCUT2D eigenvalue weighted by Crippen LogP contribution is 2.23. The summed E-state index contributed by atoms with van der Waals surface area (Å²) in [6.45, 7) is 6.59. The molecule has 0 bridgehead atoms. The number of esters is 2. The van der Waals surface area contributed by atoms with E-state index in [4.69, 9.17) is 4.74 Å². The van der Waals surface area contributed by atoms with Crippen LogP contribution < -0.4 is 0 Å². The van der Waals surface area contributed by atoms with Gasteiger partial charge in [-0.1, -0.05) is 6.07 Å². The molecule has 0 aliphatic carbocycles. The maximum atomic E-state index is 12.0. The van der Waals surface area contributed by atoms with Crippen LogP contribution >= 0.6 is 0 Å². The Morgan fingerprint density at radius 1 is 1.21 bits per heavy atom.